The van der Waals surface area contributed by atoms with Crippen LogP contribution >= 0.6 is 0 Å². The Labute approximate surface area is 118 Å². The fraction of sp³-hybridized carbons (Fsp3) is 0.647. The Hall–Kier alpha value is -0.860. The van der Waals surface area contributed by atoms with Gasteiger partial charge in [-0.15, -0.1) is 0 Å². The van der Waals surface area contributed by atoms with Crippen LogP contribution < -0.4 is 5.32 Å². The second-order valence-corrected chi connectivity index (χ2v) is 6.21. The Morgan fingerprint density at radius 1 is 1.05 bits per heavy atom. The van der Waals surface area contributed by atoms with Gasteiger partial charge < -0.3 is 10.2 Å². The molecular formula is C17H28N2. The summed E-state index contributed by atoms with van der Waals surface area (Å²) in [6.45, 7) is 10.7. The molecule has 106 valence electrons. The molecule has 0 saturated carbocycles. The molecule has 0 bridgehead atoms. The number of rotatable bonds is 6. The second kappa shape index (κ2) is 7.06. The van der Waals surface area contributed by atoms with Crippen LogP contribution in [0.4, 0.5) is 0 Å². The van der Waals surface area contributed by atoms with Gasteiger partial charge in [0.15, 0.2) is 0 Å². The van der Waals surface area contributed by atoms with E-state index in [0.717, 1.165) is 0 Å². The third-order valence-electron chi connectivity index (χ3n) is 4.02. The zero-order chi connectivity index (χ0) is 13.7. The van der Waals surface area contributed by atoms with Crippen LogP contribution in [0.2, 0.25) is 0 Å². The molecule has 1 heterocycles. The van der Waals surface area contributed by atoms with E-state index < -0.39 is 0 Å². The molecule has 1 fully saturated rings. The maximum absolute atomic E-state index is 3.82. The van der Waals surface area contributed by atoms with Gasteiger partial charge in [0.05, 0.1) is 0 Å². The highest BCUT2D eigenvalue weighted by Crippen LogP contribution is 2.22. The van der Waals surface area contributed by atoms with Gasteiger partial charge in [-0.05, 0) is 44.3 Å². The molecule has 0 spiro atoms. The fourth-order valence-electron chi connectivity index (χ4n) is 3.05. The Balaban J connectivity index is 1.92. The van der Waals surface area contributed by atoms with E-state index in [1.54, 1.807) is 0 Å². The van der Waals surface area contributed by atoms with Gasteiger partial charge in [-0.25, -0.2) is 0 Å². The van der Waals surface area contributed by atoms with Crippen molar-refractivity contribution in [2.75, 3.05) is 19.6 Å². The predicted molar refractivity (Wildman–Crippen MR) is 82.3 cm³/mol. The molecule has 2 atom stereocenters. The normalized spacial score (nSPS) is 19.8. The minimum absolute atomic E-state index is 0.457. The highest BCUT2D eigenvalue weighted by Gasteiger charge is 2.20. The lowest BCUT2D eigenvalue weighted by molar-refractivity contribution is 0.270. The highest BCUT2D eigenvalue weighted by atomic mass is 15.2. The summed E-state index contributed by atoms with van der Waals surface area (Å²) < 4.78 is 0. The maximum atomic E-state index is 3.82. The number of nitrogens with zero attached hydrogens (tertiary/aromatic N) is 1. The molecule has 0 aromatic heterocycles. The number of benzene rings is 1. The quantitative estimate of drug-likeness (QED) is 0.842. The van der Waals surface area contributed by atoms with Crippen LogP contribution in [0.1, 0.15) is 45.2 Å². The first-order chi connectivity index (χ1) is 9.16. The molecule has 1 saturated heterocycles. The van der Waals surface area contributed by atoms with E-state index in [1.165, 1.54) is 38.0 Å². The highest BCUT2D eigenvalue weighted by molar-refractivity contribution is 5.19. The molecule has 1 aromatic rings. The Morgan fingerprint density at radius 2 is 1.68 bits per heavy atom. The Morgan fingerprint density at radius 3 is 2.26 bits per heavy atom. The smallest absolute Gasteiger partial charge is 0.0346 e. The van der Waals surface area contributed by atoms with E-state index in [9.17, 15) is 0 Å². The summed E-state index contributed by atoms with van der Waals surface area (Å²) in [5, 5.41) is 3.82. The first kappa shape index (κ1) is 14.5. The minimum Gasteiger partial charge on any atom is -0.306 e. The average Bonchev–Trinajstić information content (AvgIpc) is 2.89. The van der Waals surface area contributed by atoms with Gasteiger partial charge in [0.25, 0.3) is 0 Å². The van der Waals surface area contributed by atoms with E-state index in [4.69, 9.17) is 0 Å². The SMILES string of the molecule is CC(CN1CCCC1)NC(c1ccccc1)C(C)C. The molecule has 19 heavy (non-hydrogen) atoms. The molecule has 1 N–H and O–H groups in total. The Kier molecular flexibility index (Phi) is 5.41. The third kappa shape index (κ3) is 4.32. The summed E-state index contributed by atoms with van der Waals surface area (Å²) in [5.41, 5.74) is 1.41. The van der Waals surface area contributed by atoms with Crippen molar-refractivity contribution < 1.29 is 0 Å². The summed E-state index contributed by atoms with van der Waals surface area (Å²) >= 11 is 0. The summed E-state index contributed by atoms with van der Waals surface area (Å²) in [6, 6.07) is 11.8. The van der Waals surface area contributed by atoms with Gasteiger partial charge in [0, 0.05) is 18.6 Å². The maximum Gasteiger partial charge on any atom is 0.0346 e. The molecular weight excluding hydrogens is 232 g/mol. The van der Waals surface area contributed by atoms with Gasteiger partial charge in [0.1, 0.15) is 0 Å². The fourth-order valence-corrected chi connectivity index (χ4v) is 3.05. The van der Waals surface area contributed by atoms with E-state index in [2.05, 4.69) is 61.3 Å². The molecule has 1 aromatic carbocycles. The van der Waals surface area contributed by atoms with Crippen molar-refractivity contribution in [3.63, 3.8) is 0 Å². The van der Waals surface area contributed by atoms with Crippen LogP contribution in [0.25, 0.3) is 0 Å². The lowest BCUT2D eigenvalue weighted by Crippen LogP contribution is -2.41. The second-order valence-electron chi connectivity index (χ2n) is 6.21. The molecule has 1 aliphatic heterocycles. The zero-order valence-electron chi connectivity index (χ0n) is 12.6. The van der Waals surface area contributed by atoms with Crippen molar-refractivity contribution in [3.8, 4) is 0 Å². The zero-order valence-corrected chi connectivity index (χ0v) is 12.6. The minimum atomic E-state index is 0.457. The van der Waals surface area contributed by atoms with E-state index in [0.29, 0.717) is 18.0 Å². The molecule has 2 rings (SSSR count). The summed E-state index contributed by atoms with van der Waals surface area (Å²) in [7, 11) is 0. The molecule has 0 radical (unpaired) electrons. The first-order valence-electron chi connectivity index (χ1n) is 7.70. The lowest BCUT2D eigenvalue weighted by Gasteiger charge is -2.29. The summed E-state index contributed by atoms with van der Waals surface area (Å²) in [6.07, 6.45) is 2.75. The first-order valence-corrected chi connectivity index (χ1v) is 7.70. The lowest BCUT2D eigenvalue weighted by atomic mass is 9.95. The third-order valence-corrected chi connectivity index (χ3v) is 4.02. The monoisotopic (exact) mass is 260 g/mol. The molecule has 1 aliphatic rings. The van der Waals surface area contributed by atoms with Gasteiger partial charge in [-0.3, -0.25) is 0 Å². The number of nitrogens with one attached hydrogen (secondary N) is 1. The number of hydrogen-bond donors (Lipinski definition) is 1. The largest absolute Gasteiger partial charge is 0.306 e. The van der Waals surface area contributed by atoms with Crippen LogP contribution in [0, 0.1) is 5.92 Å². The van der Waals surface area contributed by atoms with E-state index in [1.807, 2.05) is 0 Å². The Bertz CT molecular complexity index is 355. The molecule has 0 amide bonds. The van der Waals surface area contributed by atoms with Crippen LogP contribution in [0.3, 0.4) is 0 Å². The van der Waals surface area contributed by atoms with Crippen LogP contribution in [-0.4, -0.2) is 30.6 Å². The molecule has 0 aliphatic carbocycles. The van der Waals surface area contributed by atoms with E-state index >= 15 is 0 Å². The standard InChI is InChI=1S/C17H28N2/c1-14(2)17(16-9-5-4-6-10-16)18-15(3)13-19-11-7-8-12-19/h4-6,9-10,14-15,17-18H,7-8,11-13H2,1-3H3. The van der Waals surface area contributed by atoms with Crippen LogP contribution in [0.15, 0.2) is 30.3 Å². The van der Waals surface area contributed by atoms with Crippen molar-refractivity contribution >= 4 is 0 Å². The summed E-state index contributed by atoms with van der Waals surface area (Å²) in [4.78, 5) is 2.58. The average molecular weight is 260 g/mol. The van der Waals surface area contributed by atoms with Crippen LogP contribution in [-0.2, 0) is 0 Å². The number of likely N-dealkylation sites (tertiary alicyclic amines) is 1. The van der Waals surface area contributed by atoms with Crippen molar-refractivity contribution in [1.82, 2.24) is 10.2 Å². The topological polar surface area (TPSA) is 15.3 Å². The van der Waals surface area contributed by atoms with Crippen molar-refractivity contribution in [2.45, 2.75) is 45.7 Å². The molecule has 2 heteroatoms. The van der Waals surface area contributed by atoms with E-state index in [-0.39, 0.29) is 0 Å². The molecule has 2 nitrogen and oxygen atoms in total. The van der Waals surface area contributed by atoms with Crippen molar-refractivity contribution in [1.29, 1.82) is 0 Å². The summed E-state index contributed by atoms with van der Waals surface area (Å²) in [5.74, 6) is 0.614. The van der Waals surface area contributed by atoms with Crippen molar-refractivity contribution in [2.24, 2.45) is 5.92 Å². The predicted octanol–water partition coefficient (Wildman–Crippen LogP) is 3.46. The van der Waals surface area contributed by atoms with Gasteiger partial charge in [0.2, 0.25) is 0 Å². The van der Waals surface area contributed by atoms with Gasteiger partial charge >= 0.3 is 0 Å². The molecule has 2 unspecified atom stereocenters. The van der Waals surface area contributed by atoms with Crippen LogP contribution in [0.5, 0.6) is 0 Å². The van der Waals surface area contributed by atoms with Gasteiger partial charge in [-0.2, -0.15) is 0 Å². The van der Waals surface area contributed by atoms with Crippen molar-refractivity contribution in [3.05, 3.63) is 35.9 Å². The van der Waals surface area contributed by atoms with Gasteiger partial charge in [-0.1, -0.05) is 44.2 Å². The number of hydrogen-bond acceptors (Lipinski definition) is 2.